The summed E-state index contributed by atoms with van der Waals surface area (Å²) in [6, 6.07) is 2.91. The van der Waals surface area contributed by atoms with Crippen molar-refractivity contribution in [2.45, 2.75) is 56.7 Å². The van der Waals surface area contributed by atoms with Gasteiger partial charge in [-0.25, -0.2) is 0 Å². The minimum atomic E-state index is 0.417. The number of aromatic nitrogens is 2. The summed E-state index contributed by atoms with van der Waals surface area (Å²) in [6.07, 6.45) is 10.5. The van der Waals surface area contributed by atoms with Crippen LogP contribution in [0.1, 0.15) is 44.2 Å². The maximum Gasteiger partial charge on any atom is 0.0764 e. The lowest BCUT2D eigenvalue weighted by Gasteiger charge is -2.46. The van der Waals surface area contributed by atoms with E-state index in [9.17, 15) is 0 Å². The first-order valence-corrected chi connectivity index (χ1v) is 8.22. The van der Waals surface area contributed by atoms with Gasteiger partial charge >= 0.3 is 0 Å². The van der Waals surface area contributed by atoms with Crippen LogP contribution in [0.15, 0.2) is 12.3 Å². The molecular weight excluding hydrogens is 248 g/mol. The Bertz CT molecular complexity index is 471. The zero-order chi connectivity index (χ0) is 13.6. The highest BCUT2D eigenvalue weighted by Gasteiger charge is 2.45. The van der Waals surface area contributed by atoms with Crippen LogP contribution in [0.3, 0.4) is 0 Å². The maximum absolute atomic E-state index is 4.59. The predicted octanol–water partition coefficient (Wildman–Crippen LogP) is 1.92. The van der Waals surface area contributed by atoms with Crippen LogP contribution in [0.4, 0.5) is 0 Å². The molecule has 1 aromatic rings. The molecule has 2 aliphatic carbocycles. The third-order valence-corrected chi connectivity index (χ3v) is 5.52. The molecule has 110 valence electrons. The van der Waals surface area contributed by atoms with Crippen LogP contribution in [0.2, 0.25) is 0 Å². The maximum atomic E-state index is 4.59. The molecule has 4 heteroatoms. The molecule has 2 saturated carbocycles. The van der Waals surface area contributed by atoms with Gasteiger partial charge in [-0.15, -0.1) is 0 Å². The molecule has 0 bridgehead atoms. The highest BCUT2D eigenvalue weighted by molar-refractivity contribution is 5.07. The van der Waals surface area contributed by atoms with Crippen LogP contribution in [0.5, 0.6) is 0 Å². The minimum absolute atomic E-state index is 0.417. The van der Waals surface area contributed by atoms with Gasteiger partial charge in [0.25, 0.3) is 0 Å². The molecule has 1 unspecified atom stereocenters. The van der Waals surface area contributed by atoms with E-state index in [4.69, 9.17) is 0 Å². The van der Waals surface area contributed by atoms with E-state index >= 15 is 0 Å². The van der Waals surface area contributed by atoms with Crippen molar-refractivity contribution in [3.8, 4) is 0 Å². The Labute approximate surface area is 121 Å². The Hall–Kier alpha value is -0.870. The average molecular weight is 274 g/mol. The first kappa shape index (κ1) is 12.8. The van der Waals surface area contributed by atoms with Gasteiger partial charge in [0, 0.05) is 44.5 Å². The normalized spacial score (nSPS) is 30.1. The number of rotatable bonds is 3. The first-order valence-electron chi connectivity index (χ1n) is 8.22. The monoisotopic (exact) mass is 274 g/mol. The van der Waals surface area contributed by atoms with E-state index in [1.54, 1.807) is 0 Å². The molecule has 0 amide bonds. The molecule has 1 N–H and O–H groups in total. The number of nitrogens with one attached hydrogen (secondary N) is 1. The molecule has 3 fully saturated rings. The molecule has 3 aliphatic rings. The fourth-order valence-corrected chi connectivity index (χ4v) is 4.27. The Morgan fingerprint density at radius 2 is 2.15 bits per heavy atom. The third kappa shape index (κ3) is 2.40. The number of aryl methyl sites for hydroxylation is 1. The van der Waals surface area contributed by atoms with Gasteiger partial charge in [-0.3, -0.25) is 9.58 Å². The lowest BCUT2D eigenvalue weighted by Crippen LogP contribution is -2.63. The molecule has 0 aromatic carbocycles. The van der Waals surface area contributed by atoms with Crippen molar-refractivity contribution in [1.29, 1.82) is 0 Å². The van der Waals surface area contributed by atoms with Gasteiger partial charge in [-0.05, 0) is 37.7 Å². The third-order valence-electron chi connectivity index (χ3n) is 5.52. The van der Waals surface area contributed by atoms with Gasteiger partial charge in [-0.1, -0.05) is 12.8 Å². The molecule has 0 radical (unpaired) electrons. The van der Waals surface area contributed by atoms with Gasteiger partial charge in [0.15, 0.2) is 0 Å². The second kappa shape index (κ2) is 4.85. The van der Waals surface area contributed by atoms with E-state index in [1.807, 2.05) is 11.7 Å². The Balaban J connectivity index is 1.51. The van der Waals surface area contributed by atoms with Crippen molar-refractivity contribution in [2.75, 3.05) is 13.1 Å². The standard InChI is InChI=1S/C16H26N4/c1-19-9-6-14(18-19)11-20-12-16(7-2-3-8-16)17-10-15(20)13-4-5-13/h6,9,13,15,17H,2-5,7-8,10-12H2,1H3. The van der Waals surface area contributed by atoms with Crippen LogP contribution in [0, 0.1) is 5.92 Å². The number of hydrogen-bond donors (Lipinski definition) is 1. The van der Waals surface area contributed by atoms with Crippen molar-refractivity contribution in [3.05, 3.63) is 18.0 Å². The van der Waals surface area contributed by atoms with Crippen molar-refractivity contribution < 1.29 is 0 Å². The van der Waals surface area contributed by atoms with Crippen LogP contribution >= 0.6 is 0 Å². The van der Waals surface area contributed by atoms with Gasteiger partial charge in [0.1, 0.15) is 0 Å². The molecule has 1 aliphatic heterocycles. The zero-order valence-electron chi connectivity index (χ0n) is 12.5. The molecule has 2 heterocycles. The lowest BCUT2D eigenvalue weighted by molar-refractivity contribution is 0.0616. The van der Waals surface area contributed by atoms with Crippen LogP contribution in [-0.2, 0) is 13.6 Å². The van der Waals surface area contributed by atoms with E-state index < -0.39 is 0 Å². The minimum Gasteiger partial charge on any atom is -0.308 e. The molecule has 1 atom stereocenters. The van der Waals surface area contributed by atoms with Gasteiger partial charge < -0.3 is 5.32 Å². The van der Waals surface area contributed by atoms with E-state index in [0.717, 1.165) is 18.5 Å². The van der Waals surface area contributed by atoms with E-state index in [2.05, 4.69) is 27.6 Å². The summed E-state index contributed by atoms with van der Waals surface area (Å²) in [5.41, 5.74) is 1.65. The zero-order valence-corrected chi connectivity index (χ0v) is 12.5. The Morgan fingerprint density at radius 1 is 1.35 bits per heavy atom. The second-order valence-electron chi connectivity index (χ2n) is 7.16. The van der Waals surface area contributed by atoms with Gasteiger partial charge in [-0.2, -0.15) is 5.10 Å². The average Bonchev–Trinajstić information content (AvgIpc) is 3.05. The molecule has 1 aromatic heterocycles. The highest BCUT2D eigenvalue weighted by Crippen LogP contribution is 2.40. The summed E-state index contributed by atoms with van der Waals surface area (Å²) in [6.45, 7) is 3.45. The lowest BCUT2D eigenvalue weighted by atomic mass is 9.91. The van der Waals surface area contributed by atoms with Crippen molar-refractivity contribution in [3.63, 3.8) is 0 Å². The van der Waals surface area contributed by atoms with Crippen LogP contribution in [0.25, 0.3) is 0 Å². The number of hydrogen-bond acceptors (Lipinski definition) is 3. The molecule has 4 nitrogen and oxygen atoms in total. The van der Waals surface area contributed by atoms with Crippen LogP contribution < -0.4 is 5.32 Å². The highest BCUT2D eigenvalue weighted by atomic mass is 15.3. The first-order chi connectivity index (χ1) is 9.74. The Kier molecular flexibility index (Phi) is 3.11. The quantitative estimate of drug-likeness (QED) is 0.914. The van der Waals surface area contributed by atoms with E-state index in [0.29, 0.717) is 5.54 Å². The van der Waals surface area contributed by atoms with Crippen molar-refractivity contribution in [2.24, 2.45) is 13.0 Å². The number of piperazine rings is 1. The number of nitrogens with zero attached hydrogens (tertiary/aromatic N) is 3. The molecular formula is C16H26N4. The molecule has 4 rings (SSSR count). The summed E-state index contributed by atoms with van der Waals surface area (Å²) in [4.78, 5) is 2.74. The van der Waals surface area contributed by atoms with E-state index in [1.165, 1.54) is 57.3 Å². The molecule has 20 heavy (non-hydrogen) atoms. The summed E-state index contributed by atoms with van der Waals surface area (Å²) in [5, 5.41) is 8.51. The summed E-state index contributed by atoms with van der Waals surface area (Å²) >= 11 is 0. The predicted molar refractivity (Wildman–Crippen MR) is 79.3 cm³/mol. The summed E-state index contributed by atoms with van der Waals surface area (Å²) < 4.78 is 1.93. The van der Waals surface area contributed by atoms with Crippen LogP contribution in [-0.4, -0.2) is 39.4 Å². The fourth-order valence-electron chi connectivity index (χ4n) is 4.27. The Morgan fingerprint density at radius 3 is 2.80 bits per heavy atom. The van der Waals surface area contributed by atoms with Gasteiger partial charge in [0.05, 0.1) is 5.69 Å². The van der Waals surface area contributed by atoms with E-state index in [-0.39, 0.29) is 0 Å². The summed E-state index contributed by atoms with van der Waals surface area (Å²) in [7, 11) is 2.01. The topological polar surface area (TPSA) is 33.1 Å². The fraction of sp³-hybridized carbons (Fsp3) is 0.812. The summed E-state index contributed by atoms with van der Waals surface area (Å²) in [5.74, 6) is 0.935. The second-order valence-corrected chi connectivity index (χ2v) is 7.16. The molecule has 1 saturated heterocycles. The smallest absolute Gasteiger partial charge is 0.0764 e. The van der Waals surface area contributed by atoms with Crippen molar-refractivity contribution in [1.82, 2.24) is 20.0 Å². The largest absolute Gasteiger partial charge is 0.308 e. The van der Waals surface area contributed by atoms with Gasteiger partial charge in [0.2, 0.25) is 0 Å². The van der Waals surface area contributed by atoms with Crippen molar-refractivity contribution >= 4 is 0 Å². The SMILES string of the molecule is Cn1ccc(CN2CC3(CCCC3)NCC2C2CC2)n1. The molecule has 1 spiro atoms.